The molecule has 1 aliphatic heterocycles. The highest BCUT2D eigenvalue weighted by molar-refractivity contribution is 6.04. The lowest BCUT2D eigenvalue weighted by molar-refractivity contribution is -0.141. The number of ether oxygens (including phenoxy) is 1. The molecule has 2 atom stereocenters. The molecule has 5 nitrogen and oxygen atoms in total. The second-order valence-electron chi connectivity index (χ2n) is 6.10. The van der Waals surface area contributed by atoms with Crippen molar-refractivity contribution in [2.45, 2.75) is 25.3 Å². The zero-order valence-electron chi connectivity index (χ0n) is 14.0. The molecular formula is C18H18F3N3O2. The van der Waals surface area contributed by atoms with E-state index in [1.165, 1.54) is 0 Å². The highest BCUT2D eigenvalue weighted by Gasteiger charge is 2.32. The lowest BCUT2D eigenvalue weighted by Gasteiger charge is -2.29. The standard InChI is InChI=1S/C18H18F3N3O2/c1-11-8-22-10-15(26-11)12-2-5-14(6-3-12)24-17(25)13-4-7-16(23-9-13)18(19,20)21/h2-7,9,11,15,22H,8,10H2,1H3,(H,24,25)/t11-,15-/m1/s1. The van der Waals surface area contributed by atoms with Crippen LogP contribution >= 0.6 is 0 Å². The van der Waals surface area contributed by atoms with Gasteiger partial charge in [-0.3, -0.25) is 9.78 Å². The summed E-state index contributed by atoms with van der Waals surface area (Å²) in [6, 6.07) is 9.05. The van der Waals surface area contributed by atoms with Crippen molar-refractivity contribution in [2.75, 3.05) is 18.4 Å². The normalized spacial score (nSPS) is 20.6. The number of nitrogens with zero attached hydrogens (tertiary/aromatic N) is 1. The fourth-order valence-electron chi connectivity index (χ4n) is 2.67. The first-order chi connectivity index (χ1) is 12.3. The van der Waals surface area contributed by atoms with Crippen molar-refractivity contribution in [3.63, 3.8) is 0 Å². The van der Waals surface area contributed by atoms with E-state index in [4.69, 9.17) is 4.74 Å². The van der Waals surface area contributed by atoms with Crippen LogP contribution in [0.25, 0.3) is 0 Å². The van der Waals surface area contributed by atoms with Gasteiger partial charge in [0.05, 0.1) is 17.8 Å². The zero-order valence-corrected chi connectivity index (χ0v) is 14.0. The first-order valence-electron chi connectivity index (χ1n) is 8.13. The molecule has 0 saturated carbocycles. The van der Waals surface area contributed by atoms with E-state index < -0.39 is 17.8 Å². The maximum Gasteiger partial charge on any atom is 0.433 e. The van der Waals surface area contributed by atoms with Crippen LogP contribution in [0.1, 0.15) is 34.6 Å². The van der Waals surface area contributed by atoms with E-state index in [2.05, 4.69) is 15.6 Å². The van der Waals surface area contributed by atoms with Crippen molar-refractivity contribution in [3.8, 4) is 0 Å². The average molecular weight is 365 g/mol. The Morgan fingerprint density at radius 2 is 1.92 bits per heavy atom. The minimum absolute atomic E-state index is 0.0516. The summed E-state index contributed by atoms with van der Waals surface area (Å²) in [7, 11) is 0. The molecule has 2 heterocycles. The Bertz CT molecular complexity index is 761. The number of anilines is 1. The number of hydrogen-bond acceptors (Lipinski definition) is 4. The van der Waals surface area contributed by atoms with Gasteiger partial charge in [-0.1, -0.05) is 12.1 Å². The second-order valence-corrected chi connectivity index (χ2v) is 6.10. The summed E-state index contributed by atoms with van der Waals surface area (Å²) < 4.78 is 43.4. The average Bonchev–Trinajstić information content (AvgIpc) is 2.62. The van der Waals surface area contributed by atoms with Crippen LogP contribution in [0.3, 0.4) is 0 Å². The Morgan fingerprint density at radius 3 is 2.50 bits per heavy atom. The van der Waals surface area contributed by atoms with Crippen LogP contribution in [0.15, 0.2) is 42.6 Å². The molecule has 1 aromatic heterocycles. The van der Waals surface area contributed by atoms with Crippen LogP contribution in [0, 0.1) is 0 Å². The number of pyridine rings is 1. The highest BCUT2D eigenvalue weighted by Crippen LogP contribution is 2.27. The number of benzene rings is 1. The summed E-state index contributed by atoms with van der Waals surface area (Å²) in [4.78, 5) is 15.4. The Morgan fingerprint density at radius 1 is 1.19 bits per heavy atom. The van der Waals surface area contributed by atoms with E-state index in [1.54, 1.807) is 12.1 Å². The first-order valence-corrected chi connectivity index (χ1v) is 8.13. The molecule has 2 N–H and O–H groups in total. The third kappa shape index (κ3) is 4.39. The third-order valence-corrected chi connectivity index (χ3v) is 4.01. The van der Waals surface area contributed by atoms with Crippen molar-refractivity contribution in [1.82, 2.24) is 10.3 Å². The molecule has 26 heavy (non-hydrogen) atoms. The SMILES string of the molecule is C[C@@H]1CNC[C@H](c2ccc(NC(=O)c3ccc(C(F)(F)F)nc3)cc2)O1. The van der Waals surface area contributed by atoms with Gasteiger partial charge in [0.1, 0.15) is 5.69 Å². The van der Waals surface area contributed by atoms with Crippen LogP contribution in [-0.2, 0) is 10.9 Å². The molecule has 1 fully saturated rings. The van der Waals surface area contributed by atoms with E-state index in [9.17, 15) is 18.0 Å². The van der Waals surface area contributed by atoms with Gasteiger partial charge in [-0.15, -0.1) is 0 Å². The maximum atomic E-state index is 12.5. The second kappa shape index (κ2) is 7.43. The molecule has 1 saturated heterocycles. The molecule has 0 spiro atoms. The number of alkyl halides is 3. The Hall–Kier alpha value is -2.45. The highest BCUT2D eigenvalue weighted by atomic mass is 19.4. The molecule has 8 heteroatoms. The third-order valence-electron chi connectivity index (χ3n) is 4.01. The summed E-state index contributed by atoms with van der Waals surface area (Å²) >= 11 is 0. The number of amides is 1. The first kappa shape index (κ1) is 18.3. The molecule has 0 unspecified atom stereocenters. The van der Waals surface area contributed by atoms with E-state index in [1.807, 2.05) is 19.1 Å². The van der Waals surface area contributed by atoms with Crippen LogP contribution in [0.2, 0.25) is 0 Å². The van der Waals surface area contributed by atoms with Gasteiger partial charge in [-0.05, 0) is 36.8 Å². The lowest BCUT2D eigenvalue weighted by Crippen LogP contribution is -2.38. The molecule has 3 rings (SSSR count). The minimum Gasteiger partial charge on any atom is -0.368 e. The van der Waals surface area contributed by atoms with Gasteiger partial charge in [0, 0.05) is 25.0 Å². The van der Waals surface area contributed by atoms with Gasteiger partial charge in [0.15, 0.2) is 0 Å². The minimum atomic E-state index is -4.53. The molecular weight excluding hydrogens is 347 g/mol. The van der Waals surface area contributed by atoms with Gasteiger partial charge >= 0.3 is 6.18 Å². The molecule has 138 valence electrons. The van der Waals surface area contributed by atoms with Gasteiger partial charge in [0.2, 0.25) is 0 Å². The molecule has 0 aliphatic carbocycles. The number of halogens is 3. The van der Waals surface area contributed by atoms with Gasteiger partial charge < -0.3 is 15.4 Å². The van der Waals surface area contributed by atoms with Gasteiger partial charge in [-0.2, -0.15) is 13.2 Å². The van der Waals surface area contributed by atoms with Crippen molar-refractivity contribution in [3.05, 3.63) is 59.4 Å². The Balaban J connectivity index is 1.64. The van der Waals surface area contributed by atoms with Crippen molar-refractivity contribution in [1.29, 1.82) is 0 Å². The van der Waals surface area contributed by atoms with Crippen LogP contribution < -0.4 is 10.6 Å². The Kier molecular flexibility index (Phi) is 5.24. The van der Waals surface area contributed by atoms with Crippen molar-refractivity contribution in [2.24, 2.45) is 0 Å². The molecule has 0 radical (unpaired) electrons. The zero-order chi connectivity index (χ0) is 18.7. The van der Waals surface area contributed by atoms with E-state index in [-0.39, 0.29) is 17.8 Å². The Labute approximate surface area is 148 Å². The summed E-state index contributed by atoms with van der Waals surface area (Å²) in [5.74, 6) is -0.525. The molecule has 1 aliphatic rings. The topological polar surface area (TPSA) is 63.2 Å². The van der Waals surface area contributed by atoms with E-state index in [0.717, 1.165) is 30.4 Å². The smallest absolute Gasteiger partial charge is 0.368 e. The van der Waals surface area contributed by atoms with Crippen LogP contribution in [-0.4, -0.2) is 30.1 Å². The largest absolute Gasteiger partial charge is 0.433 e. The number of aromatic nitrogens is 1. The quantitative estimate of drug-likeness (QED) is 0.875. The monoisotopic (exact) mass is 365 g/mol. The summed E-state index contributed by atoms with van der Waals surface area (Å²) in [5.41, 5.74) is 0.540. The summed E-state index contributed by atoms with van der Waals surface area (Å²) in [5, 5.41) is 5.92. The van der Waals surface area contributed by atoms with Gasteiger partial charge in [-0.25, -0.2) is 0 Å². The van der Waals surface area contributed by atoms with Crippen molar-refractivity contribution < 1.29 is 22.7 Å². The maximum absolute atomic E-state index is 12.5. The fourth-order valence-corrected chi connectivity index (χ4v) is 2.67. The van der Waals surface area contributed by atoms with E-state index >= 15 is 0 Å². The fraction of sp³-hybridized carbons (Fsp3) is 0.333. The lowest BCUT2D eigenvalue weighted by atomic mass is 10.1. The number of nitrogens with one attached hydrogen (secondary N) is 2. The van der Waals surface area contributed by atoms with Crippen LogP contribution in [0.5, 0.6) is 0 Å². The molecule has 1 amide bonds. The number of hydrogen-bond donors (Lipinski definition) is 2. The predicted octanol–water partition coefficient (Wildman–Crippen LogP) is 3.40. The van der Waals surface area contributed by atoms with E-state index in [0.29, 0.717) is 12.2 Å². The van der Waals surface area contributed by atoms with Gasteiger partial charge in [0.25, 0.3) is 5.91 Å². The number of rotatable bonds is 3. The molecule has 2 aromatic rings. The van der Waals surface area contributed by atoms with Crippen LogP contribution in [0.4, 0.5) is 18.9 Å². The summed E-state index contributed by atoms with van der Waals surface area (Å²) in [6.07, 6.45) is -3.55. The molecule has 1 aromatic carbocycles. The van der Waals surface area contributed by atoms with Crippen molar-refractivity contribution >= 4 is 11.6 Å². The number of carbonyl (C=O) groups excluding carboxylic acids is 1. The number of morpholine rings is 1. The predicted molar refractivity (Wildman–Crippen MR) is 89.8 cm³/mol. The summed E-state index contributed by atoms with van der Waals surface area (Å²) in [6.45, 7) is 3.52. The molecule has 0 bridgehead atoms. The number of carbonyl (C=O) groups is 1.